The van der Waals surface area contributed by atoms with Crippen LogP contribution in [-0.2, 0) is 5.88 Å². The summed E-state index contributed by atoms with van der Waals surface area (Å²) >= 11 is 11.6. The molecule has 0 atom stereocenters. The van der Waals surface area contributed by atoms with Crippen LogP contribution in [0.5, 0.6) is 0 Å². The van der Waals surface area contributed by atoms with Crippen molar-refractivity contribution >= 4 is 45.0 Å². The normalized spacial score (nSPS) is 19.7. The molecule has 1 aromatic carbocycles. The minimum atomic E-state index is 0.400. The second-order valence-electron chi connectivity index (χ2n) is 5.26. The van der Waals surface area contributed by atoms with Crippen LogP contribution in [0, 0.1) is 0 Å². The molecular formula is C14H19BrClNS. The highest BCUT2D eigenvalue weighted by Gasteiger charge is 2.24. The molecule has 1 heterocycles. The molecule has 100 valence electrons. The Hall–Kier alpha value is 0.140. The molecule has 18 heavy (non-hydrogen) atoms. The van der Waals surface area contributed by atoms with Gasteiger partial charge in [0.15, 0.2) is 0 Å². The van der Waals surface area contributed by atoms with E-state index in [0.717, 1.165) is 23.1 Å². The fourth-order valence-corrected chi connectivity index (χ4v) is 4.09. The summed E-state index contributed by atoms with van der Waals surface area (Å²) in [6.07, 6.45) is 1.22. The summed E-state index contributed by atoms with van der Waals surface area (Å²) in [5, 5.41) is 0. The topological polar surface area (TPSA) is 3.24 Å². The van der Waals surface area contributed by atoms with Crippen LogP contribution in [0.15, 0.2) is 22.7 Å². The Morgan fingerprint density at radius 2 is 2.17 bits per heavy atom. The number of halogens is 2. The van der Waals surface area contributed by atoms with Crippen molar-refractivity contribution < 1.29 is 0 Å². The average molecular weight is 349 g/mol. The minimum Gasteiger partial charge on any atom is -0.370 e. The van der Waals surface area contributed by atoms with Crippen molar-refractivity contribution in [1.82, 2.24) is 0 Å². The van der Waals surface area contributed by atoms with E-state index < -0.39 is 0 Å². The van der Waals surface area contributed by atoms with Crippen molar-refractivity contribution in [2.75, 3.05) is 23.7 Å². The Morgan fingerprint density at radius 1 is 1.39 bits per heavy atom. The molecule has 0 amide bonds. The number of benzene rings is 1. The van der Waals surface area contributed by atoms with Gasteiger partial charge in [-0.3, -0.25) is 0 Å². The number of hydrogen-bond acceptors (Lipinski definition) is 2. The Morgan fingerprint density at radius 3 is 2.83 bits per heavy atom. The van der Waals surface area contributed by atoms with Crippen molar-refractivity contribution in [1.29, 1.82) is 0 Å². The number of anilines is 1. The SMILES string of the molecule is CC1(C)CCN(c2ccc(CCl)cc2Br)CCS1. The molecule has 4 heteroatoms. The van der Waals surface area contributed by atoms with E-state index in [1.165, 1.54) is 17.9 Å². The lowest BCUT2D eigenvalue weighted by molar-refractivity contribution is 0.637. The first kappa shape index (κ1) is 14.5. The summed E-state index contributed by atoms with van der Waals surface area (Å²) in [5.74, 6) is 1.76. The number of thioether (sulfide) groups is 1. The van der Waals surface area contributed by atoms with E-state index in [1.54, 1.807) is 0 Å². The van der Waals surface area contributed by atoms with E-state index >= 15 is 0 Å². The highest BCUT2D eigenvalue weighted by atomic mass is 79.9. The second kappa shape index (κ2) is 6.06. The molecule has 1 nitrogen and oxygen atoms in total. The quantitative estimate of drug-likeness (QED) is 0.699. The lowest BCUT2D eigenvalue weighted by Gasteiger charge is -2.25. The van der Waals surface area contributed by atoms with Crippen LogP contribution in [0.3, 0.4) is 0 Å². The third kappa shape index (κ3) is 3.58. The van der Waals surface area contributed by atoms with Gasteiger partial charge in [-0.1, -0.05) is 19.9 Å². The van der Waals surface area contributed by atoms with Crippen molar-refractivity contribution in [3.63, 3.8) is 0 Å². The maximum absolute atomic E-state index is 5.86. The number of rotatable bonds is 2. The largest absolute Gasteiger partial charge is 0.370 e. The first-order valence-electron chi connectivity index (χ1n) is 6.25. The zero-order chi connectivity index (χ0) is 13.2. The molecule has 0 aliphatic carbocycles. The minimum absolute atomic E-state index is 0.400. The van der Waals surface area contributed by atoms with E-state index in [-0.39, 0.29) is 0 Å². The van der Waals surface area contributed by atoms with E-state index in [1.807, 2.05) is 0 Å². The molecule has 1 fully saturated rings. The monoisotopic (exact) mass is 347 g/mol. The highest BCUT2D eigenvalue weighted by molar-refractivity contribution is 9.10. The summed E-state index contributed by atoms with van der Waals surface area (Å²) in [6, 6.07) is 6.44. The summed E-state index contributed by atoms with van der Waals surface area (Å²) < 4.78 is 1.56. The molecule has 0 radical (unpaired) electrons. The zero-order valence-electron chi connectivity index (χ0n) is 10.9. The molecule has 2 rings (SSSR count). The molecule has 0 bridgehead atoms. The van der Waals surface area contributed by atoms with E-state index in [4.69, 9.17) is 11.6 Å². The summed E-state index contributed by atoms with van der Waals surface area (Å²) in [5.41, 5.74) is 2.46. The Balaban J connectivity index is 2.16. The Kier molecular flexibility index (Phi) is 4.90. The maximum atomic E-state index is 5.86. The van der Waals surface area contributed by atoms with Gasteiger partial charge in [-0.15, -0.1) is 11.6 Å². The van der Waals surface area contributed by atoms with E-state index in [9.17, 15) is 0 Å². The van der Waals surface area contributed by atoms with Gasteiger partial charge >= 0.3 is 0 Å². The van der Waals surface area contributed by atoms with Gasteiger partial charge in [0, 0.05) is 33.9 Å². The molecule has 0 unspecified atom stereocenters. The molecule has 1 aliphatic rings. The predicted octanol–water partition coefficient (Wildman–Crippen LogP) is 4.91. The smallest absolute Gasteiger partial charge is 0.0511 e. The van der Waals surface area contributed by atoms with Crippen LogP contribution in [0.2, 0.25) is 0 Å². The van der Waals surface area contributed by atoms with Crippen molar-refractivity contribution in [2.45, 2.75) is 30.9 Å². The average Bonchev–Trinajstić information content (AvgIpc) is 2.50. The first-order chi connectivity index (χ1) is 8.52. The number of nitrogens with zero attached hydrogens (tertiary/aromatic N) is 1. The summed E-state index contributed by atoms with van der Waals surface area (Å²) in [7, 11) is 0. The van der Waals surface area contributed by atoms with Crippen LogP contribution in [-0.4, -0.2) is 23.6 Å². The third-order valence-electron chi connectivity index (χ3n) is 3.34. The fraction of sp³-hybridized carbons (Fsp3) is 0.571. The van der Waals surface area contributed by atoms with Gasteiger partial charge in [-0.25, -0.2) is 0 Å². The second-order valence-corrected chi connectivity index (χ2v) is 8.19. The molecule has 0 saturated carbocycles. The third-order valence-corrected chi connectivity index (χ3v) is 5.66. The van der Waals surface area contributed by atoms with Crippen molar-refractivity contribution in [3.05, 3.63) is 28.2 Å². The van der Waals surface area contributed by atoms with Gasteiger partial charge in [0.05, 0.1) is 5.69 Å². The first-order valence-corrected chi connectivity index (χ1v) is 8.56. The van der Waals surface area contributed by atoms with Gasteiger partial charge in [-0.2, -0.15) is 11.8 Å². The zero-order valence-corrected chi connectivity index (χ0v) is 14.0. The van der Waals surface area contributed by atoms with Gasteiger partial charge < -0.3 is 4.90 Å². The molecule has 0 spiro atoms. The summed E-state index contributed by atoms with van der Waals surface area (Å²) in [6.45, 7) is 6.92. The van der Waals surface area contributed by atoms with Gasteiger partial charge in [0.25, 0.3) is 0 Å². The Bertz CT molecular complexity index is 422. The molecular weight excluding hydrogens is 330 g/mol. The van der Waals surface area contributed by atoms with E-state index in [0.29, 0.717) is 10.6 Å². The summed E-state index contributed by atoms with van der Waals surface area (Å²) in [4.78, 5) is 2.48. The molecule has 0 aromatic heterocycles. The Labute approximate surface area is 127 Å². The van der Waals surface area contributed by atoms with Crippen LogP contribution in [0.4, 0.5) is 5.69 Å². The fourth-order valence-electron chi connectivity index (χ4n) is 2.15. The molecule has 0 N–H and O–H groups in total. The predicted molar refractivity (Wildman–Crippen MR) is 87.1 cm³/mol. The molecule has 1 aliphatic heterocycles. The van der Waals surface area contributed by atoms with Crippen molar-refractivity contribution in [2.24, 2.45) is 0 Å². The molecule has 1 aromatic rings. The molecule has 1 saturated heterocycles. The highest BCUT2D eigenvalue weighted by Crippen LogP contribution is 2.35. The standard InChI is InChI=1S/C14H19BrClNS/c1-14(2)5-6-17(7-8-18-14)13-4-3-11(10-16)9-12(13)15/h3-4,9H,5-8,10H2,1-2H3. The van der Waals surface area contributed by atoms with Crippen LogP contribution < -0.4 is 4.90 Å². The van der Waals surface area contributed by atoms with Crippen LogP contribution in [0.25, 0.3) is 0 Å². The van der Waals surface area contributed by atoms with Crippen molar-refractivity contribution in [3.8, 4) is 0 Å². The van der Waals surface area contributed by atoms with Crippen LogP contribution in [0.1, 0.15) is 25.8 Å². The van der Waals surface area contributed by atoms with Gasteiger partial charge in [0.1, 0.15) is 0 Å². The van der Waals surface area contributed by atoms with Gasteiger partial charge in [0.2, 0.25) is 0 Å². The lowest BCUT2D eigenvalue weighted by Crippen LogP contribution is -2.27. The number of alkyl halides is 1. The lowest BCUT2D eigenvalue weighted by atomic mass is 10.1. The van der Waals surface area contributed by atoms with Gasteiger partial charge in [-0.05, 0) is 40.0 Å². The maximum Gasteiger partial charge on any atom is 0.0511 e. The van der Waals surface area contributed by atoms with Crippen LogP contribution >= 0.6 is 39.3 Å². The van der Waals surface area contributed by atoms with E-state index in [2.05, 4.69) is 64.6 Å². The number of hydrogen-bond donors (Lipinski definition) is 0.